The molecule has 168 valence electrons. The fraction of sp³-hybridized carbons (Fsp3) is 0.269. The van der Waals surface area contributed by atoms with Gasteiger partial charge in [-0.15, -0.1) is 0 Å². The Kier molecular flexibility index (Phi) is 3.84. The molecule has 3 aromatic carbocycles. The standard InChI is InChI=1S/C26H19N3O5/c30-25-20-18-12-19(24-22(18)23(27-34-24)14-6-8-16(9-7-14)29(32)33)21(20)26(31)28(25)17-10-5-13-3-1-2-4-15(13)11-17/h1-11,18-22,24H,12H2/t18-,19-,20-,21-,22-,24+/m1/s1. The minimum atomic E-state index is -0.439. The Morgan fingerprint density at radius 2 is 1.59 bits per heavy atom. The molecule has 3 fully saturated rings. The molecule has 8 nitrogen and oxygen atoms in total. The van der Waals surface area contributed by atoms with Crippen LogP contribution in [0.4, 0.5) is 11.4 Å². The highest BCUT2D eigenvalue weighted by atomic mass is 16.6. The van der Waals surface area contributed by atoms with Crippen LogP contribution in [0.1, 0.15) is 12.0 Å². The van der Waals surface area contributed by atoms with Crippen LogP contribution in [0.5, 0.6) is 0 Å². The van der Waals surface area contributed by atoms with Gasteiger partial charge in [-0.2, -0.15) is 0 Å². The fourth-order valence-corrected chi connectivity index (χ4v) is 6.69. The molecule has 0 N–H and O–H groups in total. The summed E-state index contributed by atoms with van der Waals surface area (Å²) in [6, 6.07) is 19.8. The third kappa shape index (κ3) is 2.45. The van der Waals surface area contributed by atoms with E-state index in [0.29, 0.717) is 5.69 Å². The van der Waals surface area contributed by atoms with Gasteiger partial charge < -0.3 is 4.84 Å². The molecule has 6 atom stereocenters. The molecule has 2 aliphatic heterocycles. The van der Waals surface area contributed by atoms with Crippen molar-refractivity contribution in [2.24, 2.45) is 34.7 Å². The molecular weight excluding hydrogens is 434 g/mol. The highest BCUT2D eigenvalue weighted by molar-refractivity contribution is 6.23. The maximum Gasteiger partial charge on any atom is 0.269 e. The predicted molar refractivity (Wildman–Crippen MR) is 123 cm³/mol. The van der Waals surface area contributed by atoms with Crippen molar-refractivity contribution in [3.8, 4) is 0 Å². The van der Waals surface area contributed by atoms with Crippen LogP contribution in [0, 0.1) is 39.7 Å². The summed E-state index contributed by atoms with van der Waals surface area (Å²) >= 11 is 0. The summed E-state index contributed by atoms with van der Waals surface area (Å²) < 4.78 is 0. The molecule has 0 spiro atoms. The van der Waals surface area contributed by atoms with Gasteiger partial charge in [0.2, 0.25) is 11.8 Å². The summed E-state index contributed by atoms with van der Waals surface area (Å²) in [6.45, 7) is 0. The van der Waals surface area contributed by atoms with Crippen molar-refractivity contribution in [2.75, 3.05) is 4.90 Å². The predicted octanol–water partition coefficient (Wildman–Crippen LogP) is 3.92. The van der Waals surface area contributed by atoms with E-state index in [2.05, 4.69) is 5.16 Å². The van der Waals surface area contributed by atoms with Gasteiger partial charge in [-0.1, -0.05) is 35.5 Å². The minimum Gasteiger partial charge on any atom is -0.391 e. The largest absolute Gasteiger partial charge is 0.391 e. The molecule has 0 radical (unpaired) electrons. The second-order valence-electron chi connectivity index (χ2n) is 9.53. The van der Waals surface area contributed by atoms with Gasteiger partial charge in [0, 0.05) is 29.5 Å². The number of carbonyl (C=O) groups excluding carboxylic acids is 2. The van der Waals surface area contributed by atoms with E-state index in [1.807, 2.05) is 42.5 Å². The lowest BCUT2D eigenvalue weighted by Gasteiger charge is -2.29. The first-order valence-corrected chi connectivity index (χ1v) is 11.4. The van der Waals surface area contributed by atoms with Crippen LogP contribution < -0.4 is 4.90 Å². The van der Waals surface area contributed by atoms with E-state index in [9.17, 15) is 19.7 Å². The third-order valence-electron chi connectivity index (χ3n) is 8.06. The number of carbonyl (C=O) groups is 2. The number of hydrogen-bond acceptors (Lipinski definition) is 6. The van der Waals surface area contributed by atoms with Crippen molar-refractivity contribution < 1.29 is 19.3 Å². The zero-order valence-electron chi connectivity index (χ0n) is 17.9. The molecule has 2 aliphatic carbocycles. The van der Waals surface area contributed by atoms with E-state index >= 15 is 0 Å². The number of amides is 2. The highest BCUT2D eigenvalue weighted by Gasteiger charge is 2.70. The Balaban J connectivity index is 1.22. The van der Waals surface area contributed by atoms with Gasteiger partial charge in [0.15, 0.2) is 0 Å². The Morgan fingerprint density at radius 1 is 0.882 bits per heavy atom. The van der Waals surface area contributed by atoms with E-state index < -0.39 is 16.8 Å². The zero-order valence-corrected chi connectivity index (χ0v) is 17.9. The summed E-state index contributed by atoms with van der Waals surface area (Å²) in [5.41, 5.74) is 2.09. The molecule has 0 unspecified atom stereocenters. The third-order valence-corrected chi connectivity index (χ3v) is 8.06. The molecule has 8 heteroatoms. The van der Waals surface area contributed by atoms with Crippen LogP contribution in [0.15, 0.2) is 71.9 Å². The van der Waals surface area contributed by atoms with Crippen molar-refractivity contribution in [1.29, 1.82) is 0 Å². The van der Waals surface area contributed by atoms with Crippen LogP contribution >= 0.6 is 0 Å². The number of nitro groups is 1. The van der Waals surface area contributed by atoms with Gasteiger partial charge in [-0.3, -0.25) is 24.6 Å². The van der Waals surface area contributed by atoms with Crippen molar-refractivity contribution in [1.82, 2.24) is 0 Å². The van der Waals surface area contributed by atoms with Gasteiger partial charge in [-0.25, -0.2) is 0 Å². The summed E-state index contributed by atoms with van der Waals surface area (Å²) in [5, 5.41) is 17.3. The molecule has 3 aromatic rings. The molecule has 7 rings (SSSR count). The van der Waals surface area contributed by atoms with Crippen molar-refractivity contribution in [2.45, 2.75) is 12.5 Å². The van der Waals surface area contributed by atoms with Gasteiger partial charge in [0.25, 0.3) is 5.69 Å². The van der Waals surface area contributed by atoms with Crippen LogP contribution in [-0.2, 0) is 14.4 Å². The average molecular weight is 453 g/mol. The Morgan fingerprint density at radius 3 is 2.32 bits per heavy atom. The fourth-order valence-electron chi connectivity index (χ4n) is 6.69. The number of fused-ring (bicyclic) bond motifs is 9. The number of nitrogens with zero attached hydrogens (tertiary/aromatic N) is 3. The minimum absolute atomic E-state index is 0.00964. The van der Waals surface area contributed by atoms with Crippen molar-refractivity contribution >= 4 is 39.7 Å². The van der Waals surface area contributed by atoms with Crippen LogP contribution in [0.3, 0.4) is 0 Å². The first kappa shape index (κ1) is 19.4. The van der Waals surface area contributed by atoms with Crippen molar-refractivity contribution in [3.05, 3.63) is 82.4 Å². The average Bonchev–Trinajstić information content (AvgIpc) is 3.59. The lowest BCUT2D eigenvalue weighted by atomic mass is 9.71. The van der Waals surface area contributed by atoms with Crippen LogP contribution in [-0.4, -0.2) is 28.6 Å². The second-order valence-corrected chi connectivity index (χ2v) is 9.53. The van der Waals surface area contributed by atoms with Gasteiger partial charge >= 0.3 is 0 Å². The van der Waals surface area contributed by atoms with E-state index in [4.69, 9.17) is 4.84 Å². The van der Waals surface area contributed by atoms with E-state index in [-0.39, 0.29) is 41.4 Å². The number of imide groups is 1. The zero-order chi connectivity index (χ0) is 23.1. The Bertz CT molecular complexity index is 1430. The Labute approximate surface area is 193 Å². The number of rotatable bonds is 3. The summed E-state index contributed by atoms with van der Waals surface area (Å²) in [6.07, 6.45) is 0.504. The second kappa shape index (κ2) is 6.72. The molecule has 0 aromatic heterocycles. The molecule has 2 saturated carbocycles. The normalized spacial score (nSPS) is 30.9. The molecular formula is C26H19N3O5. The quantitative estimate of drug-likeness (QED) is 0.340. The number of nitro benzene ring substituents is 1. The SMILES string of the molecule is O=C1[C@@H]2[C@H]3C[C@@H]([C@@H]4ON=C(c5ccc([N+](=O)[O-])cc5)[C@@H]34)[C@H]2C(=O)N1c1ccc2ccccc2c1. The van der Waals surface area contributed by atoms with Crippen LogP contribution in [0.2, 0.25) is 0 Å². The number of benzene rings is 3. The molecule has 2 amide bonds. The lowest BCUT2D eigenvalue weighted by Crippen LogP contribution is -2.41. The first-order chi connectivity index (χ1) is 16.5. The molecule has 2 heterocycles. The first-order valence-electron chi connectivity index (χ1n) is 11.4. The van der Waals surface area contributed by atoms with Gasteiger partial charge in [0.05, 0.1) is 28.2 Å². The van der Waals surface area contributed by atoms with E-state index in [0.717, 1.165) is 28.5 Å². The maximum absolute atomic E-state index is 13.6. The van der Waals surface area contributed by atoms with Crippen molar-refractivity contribution in [3.63, 3.8) is 0 Å². The maximum atomic E-state index is 13.6. The summed E-state index contributed by atoms with van der Waals surface area (Å²) in [7, 11) is 0. The topological polar surface area (TPSA) is 102 Å². The summed E-state index contributed by atoms with van der Waals surface area (Å²) in [5.74, 6) is -1.29. The monoisotopic (exact) mass is 453 g/mol. The molecule has 34 heavy (non-hydrogen) atoms. The van der Waals surface area contributed by atoms with Gasteiger partial charge in [0.1, 0.15) is 6.10 Å². The number of oxime groups is 1. The van der Waals surface area contributed by atoms with E-state index in [1.54, 1.807) is 12.1 Å². The molecule has 1 saturated heterocycles. The molecule has 2 bridgehead atoms. The number of anilines is 1. The van der Waals surface area contributed by atoms with Crippen LogP contribution in [0.25, 0.3) is 10.8 Å². The number of non-ortho nitro benzene ring substituents is 1. The Hall–Kier alpha value is -4.07. The summed E-state index contributed by atoms with van der Waals surface area (Å²) in [4.78, 5) is 44.9. The highest BCUT2D eigenvalue weighted by Crippen LogP contribution is 2.62. The smallest absolute Gasteiger partial charge is 0.269 e. The molecule has 4 aliphatic rings. The lowest BCUT2D eigenvalue weighted by molar-refractivity contribution is -0.384. The van der Waals surface area contributed by atoms with E-state index in [1.165, 1.54) is 17.0 Å². The van der Waals surface area contributed by atoms with Gasteiger partial charge in [-0.05, 0) is 47.4 Å². The number of hydrogen-bond donors (Lipinski definition) is 0.